The number of methoxy groups -OCH3 is 1. The Morgan fingerprint density at radius 3 is 2.75 bits per heavy atom. The van der Waals surface area contributed by atoms with Gasteiger partial charge in [-0.05, 0) is 12.1 Å². The molecule has 0 aromatic heterocycles. The number of phenols is 1. The van der Waals surface area contributed by atoms with Gasteiger partial charge in [0.1, 0.15) is 5.75 Å². The van der Waals surface area contributed by atoms with Crippen LogP contribution < -0.4 is 5.43 Å². The second-order valence-electron chi connectivity index (χ2n) is 2.75. The Morgan fingerprint density at radius 1 is 1.44 bits per heavy atom. The van der Waals surface area contributed by atoms with Gasteiger partial charge in [-0.2, -0.15) is 5.10 Å². The highest BCUT2D eigenvalue weighted by atomic mass is 16.5. The highest BCUT2D eigenvalue weighted by Gasteiger charge is 2.11. The zero-order valence-electron chi connectivity index (χ0n) is 8.51. The highest BCUT2D eigenvalue weighted by molar-refractivity contribution is 6.32. The molecule has 0 aliphatic carbocycles. The van der Waals surface area contributed by atoms with Gasteiger partial charge in [0.15, 0.2) is 0 Å². The molecule has 0 bridgehead atoms. The summed E-state index contributed by atoms with van der Waals surface area (Å²) in [5.74, 6) is -1.98. The number of hydrazone groups is 1. The van der Waals surface area contributed by atoms with E-state index in [0.29, 0.717) is 5.56 Å². The fourth-order valence-corrected chi connectivity index (χ4v) is 0.895. The quantitative estimate of drug-likeness (QED) is 0.319. The number of carbonyl (C=O) groups excluding carboxylic acids is 2. The van der Waals surface area contributed by atoms with E-state index in [1.54, 1.807) is 18.2 Å². The zero-order valence-corrected chi connectivity index (χ0v) is 8.51. The van der Waals surface area contributed by atoms with Crippen molar-refractivity contribution in [2.75, 3.05) is 7.11 Å². The van der Waals surface area contributed by atoms with Crippen LogP contribution >= 0.6 is 0 Å². The Hall–Kier alpha value is -2.37. The molecule has 0 atom stereocenters. The summed E-state index contributed by atoms with van der Waals surface area (Å²) in [5, 5.41) is 12.8. The van der Waals surface area contributed by atoms with Crippen LogP contribution in [0.25, 0.3) is 0 Å². The first-order valence-corrected chi connectivity index (χ1v) is 4.34. The smallest absolute Gasteiger partial charge is 0.398 e. The first-order chi connectivity index (χ1) is 7.65. The van der Waals surface area contributed by atoms with Crippen molar-refractivity contribution in [3.63, 3.8) is 0 Å². The molecule has 1 amide bonds. The molecule has 1 aromatic carbocycles. The minimum Gasteiger partial charge on any atom is -0.507 e. The number of amides is 1. The summed E-state index contributed by atoms with van der Waals surface area (Å²) < 4.78 is 4.16. The van der Waals surface area contributed by atoms with Crippen molar-refractivity contribution in [3.05, 3.63) is 29.8 Å². The number of aromatic hydroxyl groups is 1. The van der Waals surface area contributed by atoms with Crippen LogP contribution in [0.4, 0.5) is 0 Å². The molecule has 0 saturated heterocycles. The van der Waals surface area contributed by atoms with Crippen molar-refractivity contribution in [3.8, 4) is 5.75 Å². The summed E-state index contributed by atoms with van der Waals surface area (Å²) >= 11 is 0. The SMILES string of the molecule is COC(=O)C(=O)N/N=C/c1ccccc1O. The molecule has 1 rings (SSSR count). The molecule has 0 fully saturated rings. The maximum atomic E-state index is 10.9. The van der Waals surface area contributed by atoms with E-state index < -0.39 is 11.9 Å². The molecular weight excluding hydrogens is 212 g/mol. The van der Waals surface area contributed by atoms with Gasteiger partial charge in [-0.3, -0.25) is 4.79 Å². The minimum absolute atomic E-state index is 0.0265. The van der Waals surface area contributed by atoms with Crippen molar-refractivity contribution in [2.45, 2.75) is 0 Å². The largest absolute Gasteiger partial charge is 0.507 e. The number of phenolic OH excluding ortho intramolecular Hbond substituents is 1. The maximum absolute atomic E-state index is 10.9. The molecule has 6 nitrogen and oxygen atoms in total. The number of hydrogen-bond donors (Lipinski definition) is 2. The number of rotatable bonds is 2. The lowest BCUT2D eigenvalue weighted by atomic mass is 10.2. The van der Waals surface area contributed by atoms with Gasteiger partial charge in [-0.1, -0.05) is 12.1 Å². The average molecular weight is 222 g/mol. The third-order valence-corrected chi connectivity index (χ3v) is 1.68. The van der Waals surface area contributed by atoms with Crippen LogP contribution in [0.5, 0.6) is 5.75 Å². The molecule has 0 heterocycles. The van der Waals surface area contributed by atoms with E-state index in [1.165, 1.54) is 12.3 Å². The molecule has 0 aliphatic rings. The maximum Gasteiger partial charge on any atom is 0.398 e. The Morgan fingerprint density at radius 2 is 2.12 bits per heavy atom. The van der Waals surface area contributed by atoms with Gasteiger partial charge in [0, 0.05) is 5.56 Å². The monoisotopic (exact) mass is 222 g/mol. The van der Waals surface area contributed by atoms with E-state index in [4.69, 9.17) is 0 Å². The predicted molar refractivity (Wildman–Crippen MR) is 55.9 cm³/mol. The van der Waals surface area contributed by atoms with Gasteiger partial charge < -0.3 is 9.84 Å². The second kappa shape index (κ2) is 5.50. The lowest BCUT2D eigenvalue weighted by Crippen LogP contribution is -2.27. The molecule has 0 saturated carbocycles. The minimum atomic E-state index is -1.03. The number of esters is 1. The third kappa shape index (κ3) is 3.09. The molecule has 16 heavy (non-hydrogen) atoms. The van der Waals surface area contributed by atoms with E-state index in [-0.39, 0.29) is 5.75 Å². The molecule has 0 aliphatic heterocycles. The molecule has 0 unspecified atom stereocenters. The summed E-state index contributed by atoms with van der Waals surface area (Å²) in [6.07, 6.45) is 1.22. The van der Waals surface area contributed by atoms with Crippen molar-refractivity contribution in [2.24, 2.45) is 5.10 Å². The molecule has 84 valence electrons. The first-order valence-electron chi connectivity index (χ1n) is 4.34. The number of nitrogens with zero attached hydrogens (tertiary/aromatic N) is 1. The standard InChI is InChI=1S/C10H10N2O4/c1-16-10(15)9(14)12-11-6-7-4-2-3-5-8(7)13/h2-6,13H,1H3,(H,12,14)/b11-6+. The number of carbonyl (C=O) groups is 2. The number of benzene rings is 1. The van der Waals surface area contributed by atoms with Gasteiger partial charge in [0.2, 0.25) is 0 Å². The summed E-state index contributed by atoms with van der Waals surface area (Å²) in [6, 6.07) is 6.43. The summed E-state index contributed by atoms with van der Waals surface area (Å²) in [5.41, 5.74) is 2.38. The van der Waals surface area contributed by atoms with Gasteiger partial charge in [-0.15, -0.1) is 0 Å². The van der Waals surface area contributed by atoms with Crippen molar-refractivity contribution in [1.29, 1.82) is 0 Å². The van der Waals surface area contributed by atoms with Crippen LogP contribution in [0.2, 0.25) is 0 Å². The number of para-hydroxylation sites is 1. The van der Waals surface area contributed by atoms with Gasteiger partial charge in [-0.25, -0.2) is 10.2 Å². The first kappa shape index (κ1) is 11.7. The van der Waals surface area contributed by atoms with Crippen molar-refractivity contribution < 1.29 is 19.4 Å². The van der Waals surface area contributed by atoms with Crippen LogP contribution in [-0.4, -0.2) is 30.3 Å². The van der Waals surface area contributed by atoms with Gasteiger partial charge in [0.25, 0.3) is 0 Å². The molecule has 6 heteroatoms. The Balaban J connectivity index is 2.59. The average Bonchev–Trinajstić information content (AvgIpc) is 2.30. The number of hydrogen-bond acceptors (Lipinski definition) is 5. The highest BCUT2D eigenvalue weighted by Crippen LogP contribution is 2.12. The molecule has 0 spiro atoms. The third-order valence-electron chi connectivity index (χ3n) is 1.68. The fraction of sp³-hybridized carbons (Fsp3) is 0.100. The lowest BCUT2D eigenvalue weighted by Gasteiger charge is -1.98. The molecular formula is C10H10N2O4. The zero-order chi connectivity index (χ0) is 12.0. The van der Waals surface area contributed by atoms with E-state index in [0.717, 1.165) is 7.11 Å². The summed E-state index contributed by atoms with van der Waals surface area (Å²) in [4.78, 5) is 21.6. The normalized spacial score (nSPS) is 10.1. The Bertz CT molecular complexity index is 429. The van der Waals surface area contributed by atoms with Crippen molar-refractivity contribution in [1.82, 2.24) is 5.43 Å². The molecule has 0 radical (unpaired) electrons. The Labute approximate surface area is 91.5 Å². The molecule has 2 N–H and O–H groups in total. The van der Waals surface area contributed by atoms with Crippen LogP contribution in [0, 0.1) is 0 Å². The summed E-state index contributed by atoms with van der Waals surface area (Å²) in [6.45, 7) is 0. The van der Waals surface area contributed by atoms with Crippen molar-refractivity contribution >= 4 is 18.1 Å². The van der Waals surface area contributed by atoms with Gasteiger partial charge >= 0.3 is 11.9 Å². The lowest BCUT2D eigenvalue weighted by molar-refractivity contribution is -0.152. The van der Waals surface area contributed by atoms with E-state index in [2.05, 4.69) is 9.84 Å². The van der Waals surface area contributed by atoms with E-state index >= 15 is 0 Å². The van der Waals surface area contributed by atoms with Crippen LogP contribution in [0.1, 0.15) is 5.56 Å². The Kier molecular flexibility index (Phi) is 4.02. The van der Waals surface area contributed by atoms with E-state index in [1.807, 2.05) is 5.43 Å². The van der Waals surface area contributed by atoms with Gasteiger partial charge in [0.05, 0.1) is 13.3 Å². The van der Waals surface area contributed by atoms with Crippen LogP contribution in [-0.2, 0) is 14.3 Å². The number of nitrogens with one attached hydrogen (secondary N) is 1. The predicted octanol–water partition coefficient (Wildman–Crippen LogP) is 0.0153. The topological polar surface area (TPSA) is 88.0 Å². The summed E-state index contributed by atoms with van der Waals surface area (Å²) in [7, 11) is 1.09. The molecule has 1 aromatic rings. The van der Waals surface area contributed by atoms with Crippen LogP contribution in [0.15, 0.2) is 29.4 Å². The van der Waals surface area contributed by atoms with Crippen LogP contribution in [0.3, 0.4) is 0 Å². The second-order valence-corrected chi connectivity index (χ2v) is 2.75. The van der Waals surface area contributed by atoms with E-state index in [9.17, 15) is 14.7 Å². The number of ether oxygens (including phenoxy) is 1. The fourth-order valence-electron chi connectivity index (χ4n) is 0.895.